The van der Waals surface area contributed by atoms with Crippen LogP contribution >= 0.6 is 0 Å². The summed E-state index contributed by atoms with van der Waals surface area (Å²) < 4.78 is 20.8. The molecule has 0 unspecified atom stereocenters. The van der Waals surface area contributed by atoms with E-state index in [4.69, 9.17) is 18.9 Å². The van der Waals surface area contributed by atoms with E-state index in [1.807, 2.05) is 0 Å². The standard InChI is InChI=1S/C14H18O5/c1-5-10(15)8-11-12(17-3)6-7-13(18-4)14(11)19-9-16-2/h5-7H,1,8-9H2,2-4H3. The van der Waals surface area contributed by atoms with Crippen LogP contribution in [0.2, 0.25) is 0 Å². The van der Waals surface area contributed by atoms with Gasteiger partial charge in [0.15, 0.2) is 24.1 Å². The van der Waals surface area contributed by atoms with Crippen LogP contribution in [-0.2, 0) is 16.0 Å². The summed E-state index contributed by atoms with van der Waals surface area (Å²) in [5, 5.41) is 0. The lowest BCUT2D eigenvalue weighted by molar-refractivity contribution is -0.114. The molecule has 0 aliphatic carbocycles. The third-order valence-electron chi connectivity index (χ3n) is 2.52. The number of hydrogen-bond donors (Lipinski definition) is 0. The zero-order valence-electron chi connectivity index (χ0n) is 11.4. The number of ketones is 1. The average Bonchev–Trinajstić information content (AvgIpc) is 2.45. The van der Waals surface area contributed by atoms with Crippen LogP contribution in [0.25, 0.3) is 0 Å². The average molecular weight is 266 g/mol. The Balaban J connectivity index is 3.24. The normalized spacial score (nSPS) is 9.84. The summed E-state index contributed by atoms with van der Waals surface area (Å²) >= 11 is 0. The molecule has 0 radical (unpaired) electrons. The Morgan fingerprint density at radius 3 is 2.37 bits per heavy atom. The number of carbonyl (C=O) groups excluding carboxylic acids is 1. The number of hydrogen-bond acceptors (Lipinski definition) is 5. The van der Waals surface area contributed by atoms with Gasteiger partial charge in [0.2, 0.25) is 0 Å². The summed E-state index contributed by atoms with van der Waals surface area (Å²) in [5.74, 6) is 1.39. The van der Waals surface area contributed by atoms with E-state index < -0.39 is 0 Å². The van der Waals surface area contributed by atoms with Gasteiger partial charge in [0, 0.05) is 19.1 Å². The van der Waals surface area contributed by atoms with Gasteiger partial charge < -0.3 is 18.9 Å². The highest BCUT2D eigenvalue weighted by Gasteiger charge is 2.18. The molecule has 5 nitrogen and oxygen atoms in total. The Morgan fingerprint density at radius 2 is 1.84 bits per heavy atom. The van der Waals surface area contributed by atoms with E-state index in [1.165, 1.54) is 27.4 Å². The highest BCUT2D eigenvalue weighted by molar-refractivity contribution is 5.92. The van der Waals surface area contributed by atoms with E-state index in [0.29, 0.717) is 22.8 Å². The van der Waals surface area contributed by atoms with Gasteiger partial charge in [0.1, 0.15) is 5.75 Å². The first-order chi connectivity index (χ1) is 9.17. The van der Waals surface area contributed by atoms with Gasteiger partial charge in [0.05, 0.1) is 14.2 Å². The van der Waals surface area contributed by atoms with Crippen LogP contribution in [0.3, 0.4) is 0 Å². The minimum atomic E-state index is -0.131. The maximum atomic E-state index is 11.6. The molecular weight excluding hydrogens is 248 g/mol. The maximum Gasteiger partial charge on any atom is 0.188 e. The second-order valence-corrected chi connectivity index (χ2v) is 3.68. The first-order valence-corrected chi connectivity index (χ1v) is 5.68. The summed E-state index contributed by atoms with van der Waals surface area (Å²) in [7, 11) is 4.57. The van der Waals surface area contributed by atoms with Crippen molar-refractivity contribution in [3.63, 3.8) is 0 Å². The minimum absolute atomic E-state index is 0.0544. The highest BCUT2D eigenvalue weighted by atomic mass is 16.7. The summed E-state index contributed by atoms with van der Waals surface area (Å²) in [6.07, 6.45) is 1.39. The number of allylic oxidation sites excluding steroid dienone is 1. The molecule has 1 aromatic rings. The smallest absolute Gasteiger partial charge is 0.188 e. The summed E-state index contributed by atoms with van der Waals surface area (Å²) in [5.41, 5.74) is 0.615. The first kappa shape index (κ1) is 15.0. The lowest BCUT2D eigenvalue weighted by atomic mass is 10.1. The van der Waals surface area contributed by atoms with Crippen LogP contribution in [0.15, 0.2) is 24.8 Å². The second-order valence-electron chi connectivity index (χ2n) is 3.68. The maximum absolute atomic E-state index is 11.6. The van der Waals surface area contributed by atoms with Crippen LogP contribution in [0.4, 0.5) is 0 Å². The van der Waals surface area contributed by atoms with Gasteiger partial charge in [-0.15, -0.1) is 0 Å². The van der Waals surface area contributed by atoms with E-state index in [1.54, 1.807) is 12.1 Å². The van der Waals surface area contributed by atoms with Crippen LogP contribution in [0.5, 0.6) is 17.2 Å². The summed E-state index contributed by atoms with van der Waals surface area (Å²) in [6, 6.07) is 3.44. The molecule has 0 aliphatic heterocycles. The zero-order chi connectivity index (χ0) is 14.3. The van der Waals surface area contributed by atoms with E-state index in [-0.39, 0.29) is 19.0 Å². The molecule has 0 saturated carbocycles. The molecule has 0 atom stereocenters. The molecule has 0 amide bonds. The molecule has 0 N–H and O–H groups in total. The Bertz CT molecular complexity index is 453. The topological polar surface area (TPSA) is 54.0 Å². The van der Waals surface area contributed by atoms with Crippen molar-refractivity contribution in [2.24, 2.45) is 0 Å². The van der Waals surface area contributed by atoms with Crippen molar-refractivity contribution in [2.75, 3.05) is 28.1 Å². The Kier molecular flexibility index (Phi) is 5.89. The van der Waals surface area contributed by atoms with Crippen molar-refractivity contribution >= 4 is 5.78 Å². The predicted molar refractivity (Wildman–Crippen MR) is 71.0 cm³/mol. The molecule has 0 aromatic heterocycles. The lowest BCUT2D eigenvalue weighted by Gasteiger charge is -2.16. The van der Waals surface area contributed by atoms with Crippen molar-refractivity contribution in [2.45, 2.75) is 6.42 Å². The molecule has 0 bridgehead atoms. The lowest BCUT2D eigenvalue weighted by Crippen LogP contribution is -2.08. The third-order valence-corrected chi connectivity index (χ3v) is 2.52. The molecule has 0 fully saturated rings. The van der Waals surface area contributed by atoms with E-state index in [2.05, 4.69) is 6.58 Å². The minimum Gasteiger partial charge on any atom is -0.496 e. The fourth-order valence-electron chi connectivity index (χ4n) is 1.63. The molecule has 0 saturated heterocycles. The molecule has 104 valence electrons. The van der Waals surface area contributed by atoms with Crippen LogP contribution in [0.1, 0.15) is 5.56 Å². The Labute approximate surface area is 112 Å². The number of carbonyl (C=O) groups is 1. The van der Waals surface area contributed by atoms with E-state index in [9.17, 15) is 4.79 Å². The van der Waals surface area contributed by atoms with Crippen molar-refractivity contribution in [1.29, 1.82) is 0 Å². The van der Waals surface area contributed by atoms with Gasteiger partial charge >= 0.3 is 0 Å². The molecule has 1 rings (SSSR count). The first-order valence-electron chi connectivity index (χ1n) is 5.68. The summed E-state index contributed by atoms with van der Waals surface area (Å²) in [4.78, 5) is 11.6. The SMILES string of the molecule is C=CC(=O)Cc1c(OC)ccc(OC)c1OCOC. The third kappa shape index (κ3) is 3.72. The van der Waals surface area contributed by atoms with Crippen molar-refractivity contribution < 1.29 is 23.7 Å². The molecule has 0 aliphatic rings. The predicted octanol–water partition coefficient (Wildman–Crippen LogP) is 1.98. The van der Waals surface area contributed by atoms with Gasteiger partial charge in [-0.2, -0.15) is 0 Å². The quantitative estimate of drug-likeness (QED) is 0.532. The highest BCUT2D eigenvalue weighted by Crippen LogP contribution is 2.38. The Morgan fingerprint density at radius 1 is 1.21 bits per heavy atom. The van der Waals surface area contributed by atoms with Crippen LogP contribution in [0, 0.1) is 0 Å². The molecule has 19 heavy (non-hydrogen) atoms. The Hall–Kier alpha value is -2.01. The molecular formula is C14H18O5. The number of ether oxygens (including phenoxy) is 4. The van der Waals surface area contributed by atoms with Crippen molar-refractivity contribution in [3.05, 3.63) is 30.4 Å². The second kappa shape index (κ2) is 7.43. The summed E-state index contributed by atoms with van der Waals surface area (Å²) in [6.45, 7) is 3.51. The van der Waals surface area contributed by atoms with Gasteiger partial charge in [-0.3, -0.25) is 4.79 Å². The number of rotatable bonds is 8. The number of methoxy groups -OCH3 is 3. The van der Waals surface area contributed by atoms with Gasteiger partial charge in [-0.25, -0.2) is 0 Å². The van der Waals surface area contributed by atoms with Crippen molar-refractivity contribution in [1.82, 2.24) is 0 Å². The molecule has 1 aromatic carbocycles. The van der Waals surface area contributed by atoms with Gasteiger partial charge in [-0.1, -0.05) is 6.58 Å². The molecule has 0 spiro atoms. The van der Waals surface area contributed by atoms with Crippen LogP contribution < -0.4 is 14.2 Å². The fraction of sp³-hybridized carbons (Fsp3) is 0.357. The van der Waals surface area contributed by atoms with Gasteiger partial charge in [-0.05, 0) is 18.2 Å². The molecule has 0 heterocycles. The van der Waals surface area contributed by atoms with Crippen molar-refractivity contribution in [3.8, 4) is 17.2 Å². The largest absolute Gasteiger partial charge is 0.496 e. The number of benzene rings is 1. The zero-order valence-corrected chi connectivity index (χ0v) is 11.4. The van der Waals surface area contributed by atoms with Gasteiger partial charge in [0.25, 0.3) is 0 Å². The van der Waals surface area contributed by atoms with E-state index >= 15 is 0 Å². The monoisotopic (exact) mass is 266 g/mol. The molecule has 5 heteroatoms. The van der Waals surface area contributed by atoms with E-state index in [0.717, 1.165) is 0 Å². The fourth-order valence-corrected chi connectivity index (χ4v) is 1.63. The van der Waals surface area contributed by atoms with Crippen LogP contribution in [-0.4, -0.2) is 33.9 Å².